The molecule has 2 heterocycles. The lowest BCUT2D eigenvalue weighted by molar-refractivity contribution is -0.385. The fourth-order valence-corrected chi connectivity index (χ4v) is 2.89. The highest BCUT2D eigenvalue weighted by Gasteiger charge is 2.22. The largest absolute Gasteiger partial charge is 0.454 e. The van der Waals surface area contributed by atoms with Crippen LogP contribution in [0.2, 0.25) is 0 Å². The molecule has 1 aliphatic rings. The highest BCUT2D eigenvalue weighted by atomic mass is 16.7. The fraction of sp³-hybridized carbons (Fsp3) is 0.111. The normalized spacial score (nSPS) is 12.4. The molecule has 0 bridgehead atoms. The third-order valence-corrected chi connectivity index (χ3v) is 4.26. The first kappa shape index (κ1) is 18.1. The zero-order valence-electron chi connectivity index (χ0n) is 15.0. The van der Waals surface area contributed by atoms with Gasteiger partial charge in [-0.15, -0.1) is 0 Å². The number of nitro benzene ring substituents is 1. The number of hydrazone groups is 1. The lowest BCUT2D eigenvalue weighted by atomic mass is 10.1. The zero-order chi connectivity index (χ0) is 20.5. The maximum absolute atomic E-state index is 12.5. The van der Waals surface area contributed by atoms with Gasteiger partial charge in [0.25, 0.3) is 17.2 Å². The molecular formula is C18H13N5O6. The van der Waals surface area contributed by atoms with E-state index in [1.807, 2.05) is 0 Å². The Morgan fingerprint density at radius 1 is 1.28 bits per heavy atom. The van der Waals surface area contributed by atoms with E-state index in [2.05, 4.69) is 15.6 Å². The van der Waals surface area contributed by atoms with Crippen molar-refractivity contribution in [2.24, 2.45) is 12.1 Å². The minimum Gasteiger partial charge on any atom is -0.454 e. The molecule has 1 aliphatic heterocycles. The molecule has 0 aliphatic carbocycles. The van der Waals surface area contributed by atoms with Gasteiger partial charge >= 0.3 is 0 Å². The molecule has 0 saturated heterocycles. The molecular weight excluding hydrogens is 382 g/mol. The van der Waals surface area contributed by atoms with Crippen molar-refractivity contribution in [2.45, 2.75) is 0 Å². The van der Waals surface area contributed by atoms with Crippen LogP contribution in [0.4, 0.5) is 5.69 Å². The molecule has 0 spiro atoms. The highest BCUT2D eigenvalue weighted by molar-refractivity contribution is 6.05. The number of aromatic nitrogens is 2. The summed E-state index contributed by atoms with van der Waals surface area (Å²) in [5.41, 5.74) is 1.81. The second-order valence-corrected chi connectivity index (χ2v) is 6.04. The van der Waals surface area contributed by atoms with Crippen LogP contribution >= 0.6 is 0 Å². The summed E-state index contributed by atoms with van der Waals surface area (Å²) in [7, 11) is 1.44. The Morgan fingerprint density at radius 2 is 1.97 bits per heavy atom. The first-order chi connectivity index (χ1) is 14.0. The predicted octanol–water partition coefficient (Wildman–Crippen LogP) is 1.33. The second-order valence-electron chi connectivity index (χ2n) is 6.04. The number of ether oxygens (including phenoxy) is 2. The highest BCUT2D eigenvalue weighted by Crippen LogP contribution is 2.37. The first-order valence-corrected chi connectivity index (χ1v) is 8.33. The molecule has 0 saturated carbocycles. The van der Waals surface area contributed by atoms with Gasteiger partial charge in [0, 0.05) is 12.4 Å². The molecule has 11 heteroatoms. The van der Waals surface area contributed by atoms with Crippen molar-refractivity contribution in [3.63, 3.8) is 0 Å². The van der Waals surface area contributed by atoms with Crippen LogP contribution in [0.1, 0.15) is 16.1 Å². The van der Waals surface area contributed by atoms with Gasteiger partial charge in [-0.05, 0) is 12.1 Å². The van der Waals surface area contributed by atoms with Crippen molar-refractivity contribution < 1.29 is 19.2 Å². The van der Waals surface area contributed by atoms with Gasteiger partial charge in [0.1, 0.15) is 0 Å². The number of hydrogen-bond donors (Lipinski definition) is 1. The molecule has 0 radical (unpaired) electrons. The van der Waals surface area contributed by atoms with E-state index in [0.29, 0.717) is 16.5 Å². The molecule has 0 unspecified atom stereocenters. The Bertz CT molecular complexity index is 1250. The van der Waals surface area contributed by atoms with Gasteiger partial charge in [-0.3, -0.25) is 19.7 Å². The summed E-state index contributed by atoms with van der Waals surface area (Å²) >= 11 is 0. The molecule has 0 atom stereocenters. The van der Waals surface area contributed by atoms with Crippen LogP contribution in [0.15, 0.2) is 46.3 Å². The quantitative estimate of drug-likeness (QED) is 0.399. The lowest BCUT2D eigenvalue weighted by Crippen LogP contribution is -2.27. The van der Waals surface area contributed by atoms with Gasteiger partial charge in [-0.25, -0.2) is 10.1 Å². The van der Waals surface area contributed by atoms with Crippen molar-refractivity contribution in [3.05, 3.63) is 68.1 Å². The molecule has 11 nitrogen and oxygen atoms in total. The Balaban J connectivity index is 1.64. The lowest BCUT2D eigenvalue weighted by Gasteiger charge is -2.06. The fourth-order valence-electron chi connectivity index (χ4n) is 2.89. The number of aryl methyl sites for hydroxylation is 1. The monoisotopic (exact) mass is 395 g/mol. The number of benzene rings is 2. The molecule has 2 aromatic carbocycles. The van der Waals surface area contributed by atoms with Gasteiger partial charge in [-0.2, -0.15) is 10.2 Å². The van der Waals surface area contributed by atoms with Gasteiger partial charge < -0.3 is 9.47 Å². The van der Waals surface area contributed by atoms with Gasteiger partial charge in [-0.1, -0.05) is 18.2 Å². The number of nitrogens with one attached hydrogen (secondary N) is 1. The standard InChI is InChI=1S/C18H13N5O6/c1-22-18(25)12-5-3-2-4-11(12)16(21-22)17(24)20-19-8-10-6-14-15(29-9-28-14)7-13(10)23(26)27/h2-8H,9H2,1H3,(H,20,24)/b19-8+. The van der Waals surface area contributed by atoms with Crippen LogP contribution in [0.25, 0.3) is 10.8 Å². The van der Waals surface area contributed by atoms with Gasteiger partial charge in [0.15, 0.2) is 17.2 Å². The molecule has 1 aromatic heterocycles. The van der Waals surface area contributed by atoms with E-state index in [-0.39, 0.29) is 35.0 Å². The smallest absolute Gasteiger partial charge is 0.292 e. The van der Waals surface area contributed by atoms with E-state index in [4.69, 9.17) is 9.47 Å². The molecule has 4 rings (SSSR count). The Hall–Kier alpha value is -4.28. The number of rotatable bonds is 4. The molecule has 3 aromatic rings. The number of hydrogen-bond acceptors (Lipinski definition) is 8. The first-order valence-electron chi connectivity index (χ1n) is 8.33. The molecule has 0 fully saturated rings. The average Bonchev–Trinajstić information content (AvgIpc) is 3.17. The third-order valence-electron chi connectivity index (χ3n) is 4.26. The van der Waals surface area contributed by atoms with Crippen molar-refractivity contribution in [3.8, 4) is 11.5 Å². The van der Waals surface area contributed by atoms with Gasteiger partial charge in [0.2, 0.25) is 6.79 Å². The Morgan fingerprint density at radius 3 is 2.69 bits per heavy atom. The zero-order valence-corrected chi connectivity index (χ0v) is 15.0. The Labute approximate surface area is 162 Å². The van der Waals surface area contributed by atoms with Crippen molar-refractivity contribution in [1.82, 2.24) is 15.2 Å². The molecule has 1 N–H and O–H groups in total. The van der Waals surface area contributed by atoms with Crippen molar-refractivity contribution in [2.75, 3.05) is 6.79 Å². The number of carbonyl (C=O) groups excluding carboxylic acids is 1. The summed E-state index contributed by atoms with van der Waals surface area (Å²) in [5, 5.41) is 19.8. The van der Waals surface area contributed by atoms with E-state index in [9.17, 15) is 19.7 Å². The minimum atomic E-state index is -0.670. The maximum atomic E-state index is 12.5. The number of carbonyl (C=O) groups is 1. The van der Waals surface area contributed by atoms with E-state index in [1.165, 1.54) is 19.2 Å². The van der Waals surface area contributed by atoms with E-state index < -0.39 is 10.8 Å². The van der Waals surface area contributed by atoms with E-state index >= 15 is 0 Å². The van der Waals surface area contributed by atoms with E-state index in [0.717, 1.165) is 10.9 Å². The van der Waals surface area contributed by atoms with Crippen LogP contribution in [0.5, 0.6) is 11.5 Å². The Kier molecular flexibility index (Phi) is 4.39. The van der Waals surface area contributed by atoms with Crippen LogP contribution < -0.4 is 20.5 Å². The van der Waals surface area contributed by atoms with Gasteiger partial charge in [0.05, 0.1) is 28.2 Å². The summed E-state index contributed by atoms with van der Waals surface area (Å²) in [6.45, 7) is -0.0324. The molecule has 146 valence electrons. The summed E-state index contributed by atoms with van der Waals surface area (Å²) in [5.74, 6) is -0.0655. The second kappa shape index (κ2) is 7.03. The van der Waals surface area contributed by atoms with Crippen molar-refractivity contribution in [1.29, 1.82) is 0 Å². The number of nitrogens with zero attached hydrogens (tertiary/aromatic N) is 4. The summed E-state index contributed by atoms with van der Waals surface area (Å²) in [4.78, 5) is 35.4. The summed E-state index contributed by atoms with van der Waals surface area (Å²) < 4.78 is 11.4. The third kappa shape index (κ3) is 3.25. The number of nitro groups is 1. The minimum absolute atomic E-state index is 0.0000337. The number of fused-ring (bicyclic) bond motifs is 2. The van der Waals surface area contributed by atoms with Crippen molar-refractivity contribution >= 4 is 28.6 Å². The topological polar surface area (TPSA) is 138 Å². The van der Waals surface area contributed by atoms with Crippen LogP contribution in [0, 0.1) is 10.1 Å². The predicted molar refractivity (Wildman–Crippen MR) is 101 cm³/mol. The molecule has 1 amide bonds. The summed E-state index contributed by atoms with van der Waals surface area (Å²) in [6.07, 6.45) is 1.13. The number of amides is 1. The molecule has 29 heavy (non-hydrogen) atoms. The average molecular weight is 395 g/mol. The summed E-state index contributed by atoms with van der Waals surface area (Å²) in [6, 6.07) is 9.19. The van der Waals surface area contributed by atoms with Crippen LogP contribution in [0.3, 0.4) is 0 Å². The van der Waals surface area contributed by atoms with Crippen LogP contribution in [-0.2, 0) is 7.05 Å². The maximum Gasteiger partial charge on any atom is 0.292 e. The SMILES string of the molecule is Cn1nc(C(=O)N/N=C/c2cc3c(cc2[N+](=O)[O-])OCO3)c2ccccc2c1=O. The van der Waals surface area contributed by atoms with Crippen LogP contribution in [-0.4, -0.2) is 33.6 Å². The van der Waals surface area contributed by atoms with E-state index in [1.54, 1.807) is 24.3 Å².